The smallest absolute Gasteiger partial charge is 0.244 e. The molecule has 0 heterocycles. The highest BCUT2D eigenvalue weighted by Gasteiger charge is 2.33. The van der Waals surface area contributed by atoms with Gasteiger partial charge in [0.25, 0.3) is 0 Å². The summed E-state index contributed by atoms with van der Waals surface area (Å²) in [5, 5.41) is 3.49. The van der Waals surface area contributed by atoms with Gasteiger partial charge in [0, 0.05) is 24.0 Å². The van der Waals surface area contributed by atoms with Gasteiger partial charge in [-0.15, -0.1) is 0 Å². The highest BCUT2D eigenvalue weighted by Crippen LogP contribution is 2.26. The van der Waals surface area contributed by atoms with Crippen LogP contribution in [0.25, 0.3) is 0 Å². The maximum Gasteiger partial charge on any atom is 0.244 e. The molecular formula is C30H36ClN3O4S. The molecule has 39 heavy (non-hydrogen) atoms. The van der Waals surface area contributed by atoms with E-state index >= 15 is 0 Å². The van der Waals surface area contributed by atoms with Gasteiger partial charge in [0.1, 0.15) is 12.6 Å². The van der Waals surface area contributed by atoms with Crippen LogP contribution in [0.3, 0.4) is 0 Å². The summed E-state index contributed by atoms with van der Waals surface area (Å²) in [6.07, 6.45) is 2.07. The second-order valence-electron chi connectivity index (χ2n) is 9.73. The Morgan fingerprint density at radius 2 is 1.54 bits per heavy atom. The van der Waals surface area contributed by atoms with Crippen molar-refractivity contribution >= 4 is 39.1 Å². The minimum absolute atomic E-state index is 0.0892. The normalized spacial score (nSPS) is 12.8. The first kappa shape index (κ1) is 30.2. The lowest BCUT2D eigenvalue weighted by molar-refractivity contribution is -0.140. The molecule has 3 aromatic rings. The molecule has 0 radical (unpaired) electrons. The number of nitrogens with one attached hydrogen (secondary N) is 1. The Morgan fingerprint density at radius 3 is 2.08 bits per heavy atom. The van der Waals surface area contributed by atoms with Crippen LogP contribution in [0, 0.1) is 6.92 Å². The summed E-state index contributed by atoms with van der Waals surface area (Å²) in [6.45, 7) is 5.31. The van der Waals surface area contributed by atoms with Gasteiger partial charge in [0.15, 0.2) is 0 Å². The Hall–Kier alpha value is -3.36. The third-order valence-electron chi connectivity index (χ3n) is 6.57. The van der Waals surface area contributed by atoms with Crippen molar-refractivity contribution in [2.75, 3.05) is 17.1 Å². The number of rotatable bonds is 12. The number of hydrogen-bond acceptors (Lipinski definition) is 4. The molecule has 2 amide bonds. The Labute approximate surface area is 236 Å². The Morgan fingerprint density at radius 1 is 0.949 bits per heavy atom. The highest BCUT2D eigenvalue weighted by atomic mass is 35.5. The average molecular weight is 570 g/mol. The summed E-state index contributed by atoms with van der Waals surface area (Å²) < 4.78 is 26.9. The van der Waals surface area contributed by atoms with Gasteiger partial charge < -0.3 is 10.2 Å². The van der Waals surface area contributed by atoms with E-state index in [1.54, 1.807) is 25.1 Å². The predicted molar refractivity (Wildman–Crippen MR) is 157 cm³/mol. The first-order chi connectivity index (χ1) is 18.5. The highest BCUT2D eigenvalue weighted by molar-refractivity contribution is 7.92. The van der Waals surface area contributed by atoms with Gasteiger partial charge in [-0.1, -0.05) is 79.2 Å². The molecule has 0 aliphatic carbocycles. The fourth-order valence-corrected chi connectivity index (χ4v) is 5.40. The SMILES string of the molecule is CC[C@@H](C)NC(=O)[C@@H](Cc1ccccc1)N(Cc1ccccc1)C(=O)CN(c1ccc(Cl)cc1C)S(C)(=O)=O. The summed E-state index contributed by atoms with van der Waals surface area (Å²) in [5.74, 6) is -0.773. The van der Waals surface area contributed by atoms with Gasteiger partial charge in [0.2, 0.25) is 21.8 Å². The molecule has 3 rings (SSSR count). The van der Waals surface area contributed by atoms with Gasteiger partial charge in [-0.25, -0.2) is 8.42 Å². The summed E-state index contributed by atoms with van der Waals surface area (Å²) in [7, 11) is -3.84. The molecule has 0 aliphatic rings. The first-order valence-corrected chi connectivity index (χ1v) is 15.1. The molecule has 0 bridgehead atoms. The summed E-state index contributed by atoms with van der Waals surface area (Å²) in [4.78, 5) is 29.2. The molecule has 1 N–H and O–H groups in total. The quantitative estimate of drug-likeness (QED) is 0.334. The van der Waals surface area contributed by atoms with Crippen LogP contribution in [0.5, 0.6) is 0 Å². The molecule has 3 aromatic carbocycles. The molecule has 0 fully saturated rings. The van der Waals surface area contributed by atoms with Crippen LogP contribution in [0.2, 0.25) is 5.02 Å². The molecule has 0 saturated heterocycles. The Kier molecular flexibility index (Phi) is 10.5. The second-order valence-corrected chi connectivity index (χ2v) is 12.1. The number of hydrogen-bond donors (Lipinski definition) is 1. The van der Waals surface area contributed by atoms with Crippen LogP contribution in [0.1, 0.15) is 37.0 Å². The lowest BCUT2D eigenvalue weighted by atomic mass is 10.0. The molecule has 0 aliphatic heterocycles. The zero-order valence-corrected chi connectivity index (χ0v) is 24.4. The molecule has 7 nitrogen and oxygen atoms in total. The van der Waals surface area contributed by atoms with Gasteiger partial charge in [-0.3, -0.25) is 13.9 Å². The molecule has 2 atom stereocenters. The van der Waals surface area contributed by atoms with E-state index in [9.17, 15) is 18.0 Å². The van der Waals surface area contributed by atoms with Crippen molar-refractivity contribution < 1.29 is 18.0 Å². The van der Waals surface area contributed by atoms with E-state index in [-0.39, 0.29) is 24.9 Å². The maximum absolute atomic E-state index is 14.1. The van der Waals surface area contributed by atoms with Crippen molar-refractivity contribution in [2.45, 2.75) is 52.2 Å². The molecule has 0 aromatic heterocycles. The summed E-state index contributed by atoms with van der Waals surface area (Å²) in [6, 6.07) is 22.7. The van der Waals surface area contributed by atoms with Crippen LogP contribution in [0.4, 0.5) is 5.69 Å². The van der Waals surface area contributed by atoms with Crippen molar-refractivity contribution in [3.8, 4) is 0 Å². The van der Waals surface area contributed by atoms with Crippen molar-refractivity contribution in [3.05, 3.63) is 101 Å². The largest absolute Gasteiger partial charge is 0.352 e. The van der Waals surface area contributed by atoms with Crippen molar-refractivity contribution in [1.82, 2.24) is 10.2 Å². The van der Waals surface area contributed by atoms with Crippen molar-refractivity contribution in [2.24, 2.45) is 0 Å². The molecule has 0 unspecified atom stereocenters. The van der Waals surface area contributed by atoms with Gasteiger partial charge in [0.05, 0.1) is 11.9 Å². The monoisotopic (exact) mass is 569 g/mol. The van der Waals surface area contributed by atoms with E-state index in [1.807, 2.05) is 74.5 Å². The van der Waals surface area contributed by atoms with Crippen molar-refractivity contribution in [1.29, 1.82) is 0 Å². The number of benzene rings is 3. The van der Waals surface area contributed by atoms with Crippen LogP contribution in [-0.2, 0) is 32.6 Å². The zero-order chi connectivity index (χ0) is 28.6. The van der Waals surface area contributed by atoms with E-state index in [1.165, 1.54) is 4.90 Å². The lowest BCUT2D eigenvalue weighted by Gasteiger charge is -2.34. The van der Waals surface area contributed by atoms with E-state index in [4.69, 9.17) is 11.6 Å². The first-order valence-electron chi connectivity index (χ1n) is 12.9. The molecule has 9 heteroatoms. The molecular weight excluding hydrogens is 534 g/mol. The number of anilines is 1. The number of aryl methyl sites for hydroxylation is 1. The Bertz CT molecular complexity index is 1370. The number of halogens is 1. The third kappa shape index (κ3) is 8.57. The van der Waals surface area contributed by atoms with Crippen LogP contribution >= 0.6 is 11.6 Å². The van der Waals surface area contributed by atoms with E-state index in [0.29, 0.717) is 16.3 Å². The third-order valence-corrected chi connectivity index (χ3v) is 7.94. The lowest BCUT2D eigenvalue weighted by Crippen LogP contribution is -2.54. The number of nitrogens with zero attached hydrogens (tertiary/aromatic N) is 2. The second kappa shape index (κ2) is 13.6. The van der Waals surface area contributed by atoms with E-state index in [0.717, 1.165) is 28.1 Å². The van der Waals surface area contributed by atoms with Gasteiger partial charge in [-0.05, 0) is 55.2 Å². The van der Waals surface area contributed by atoms with E-state index < -0.39 is 28.5 Å². The standard InChI is InChI=1S/C30H36ClN3O4S/c1-5-23(3)32-30(36)28(19-24-12-8-6-9-13-24)33(20-25-14-10-7-11-15-25)29(35)21-34(39(4,37)38)27-17-16-26(31)18-22(27)2/h6-18,23,28H,5,19-21H2,1-4H3,(H,32,36)/t23-,28-/m1/s1. The number of amides is 2. The summed E-state index contributed by atoms with van der Waals surface area (Å²) in [5.41, 5.74) is 2.69. The Balaban J connectivity index is 2.06. The topological polar surface area (TPSA) is 86.8 Å². The van der Waals surface area contributed by atoms with Crippen LogP contribution in [-0.4, -0.2) is 50.0 Å². The number of carbonyl (C=O) groups excluding carboxylic acids is 2. The zero-order valence-electron chi connectivity index (χ0n) is 22.8. The van der Waals surface area contributed by atoms with Gasteiger partial charge in [-0.2, -0.15) is 0 Å². The van der Waals surface area contributed by atoms with Crippen molar-refractivity contribution in [3.63, 3.8) is 0 Å². The summed E-state index contributed by atoms with van der Waals surface area (Å²) >= 11 is 6.10. The molecule has 0 saturated carbocycles. The minimum Gasteiger partial charge on any atom is -0.352 e. The predicted octanol–water partition coefficient (Wildman–Crippen LogP) is 4.97. The minimum atomic E-state index is -3.84. The fourth-order valence-electron chi connectivity index (χ4n) is 4.27. The fraction of sp³-hybridized carbons (Fsp3) is 0.333. The van der Waals surface area contributed by atoms with Crippen LogP contribution < -0.4 is 9.62 Å². The maximum atomic E-state index is 14.1. The van der Waals surface area contributed by atoms with Crippen LogP contribution in [0.15, 0.2) is 78.9 Å². The average Bonchev–Trinajstić information content (AvgIpc) is 2.90. The van der Waals surface area contributed by atoms with E-state index in [2.05, 4.69) is 5.32 Å². The molecule has 0 spiro atoms. The molecule has 208 valence electrons. The van der Waals surface area contributed by atoms with Gasteiger partial charge >= 0.3 is 0 Å². The number of sulfonamides is 1. The number of carbonyl (C=O) groups is 2.